The Morgan fingerprint density at radius 1 is 0.350 bits per heavy atom. The van der Waals surface area contributed by atoms with Crippen molar-refractivity contribution in [3.63, 3.8) is 0 Å². The van der Waals surface area contributed by atoms with Crippen molar-refractivity contribution in [2.45, 2.75) is 113 Å². The van der Waals surface area contributed by atoms with E-state index in [-0.39, 0.29) is 60.3 Å². The molecule has 0 spiro atoms. The van der Waals surface area contributed by atoms with Gasteiger partial charge < -0.3 is 51.4 Å². The van der Waals surface area contributed by atoms with Crippen LogP contribution in [0, 0.1) is 29.6 Å². The van der Waals surface area contributed by atoms with Crippen LogP contribution in [0.3, 0.4) is 0 Å². The number of rotatable bonds is 18. The third kappa shape index (κ3) is 40.1. The summed E-state index contributed by atoms with van der Waals surface area (Å²) in [6.45, 7) is 18.4. The van der Waals surface area contributed by atoms with Gasteiger partial charge in [-0.15, -0.1) is 0 Å². The molecule has 29 heteroatoms. The molecule has 0 saturated heterocycles. The lowest BCUT2D eigenvalue weighted by atomic mass is 10.0. The monoisotopic (exact) mass is 1260 g/mol. The summed E-state index contributed by atoms with van der Waals surface area (Å²) in [5.74, 6) is -7.99. The van der Waals surface area contributed by atoms with Crippen LogP contribution in [0.4, 0.5) is 0 Å². The lowest BCUT2D eigenvalue weighted by Crippen LogP contribution is -2.26. The molecule has 0 radical (unpaired) electrons. The Bertz CT molecular complexity index is 2220. The van der Waals surface area contributed by atoms with E-state index in [0.717, 1.165) is 11.1 Å². The van der Waals surface area contributed by atoms with Crippen molar-refractivity contribution >= 4 is 132 Å². The maximum atomic E-state index is 11.6. The fraction of sp³-hybridized carbons (Fsp3) is 0.431. The van der Waals surface area contributed by atoms with Gasteiger partial charge in [-0.05, 0) is 31.9 Å². The van der Waals surface area contributed by atoms with Gasteiger partial charge >= 0.3 is 65.7 Å². The SMILES string of the molecule is CC(C)C(=O)OP.CC(C)C(=O)O[C@@H](C)C(=O)OP.CC(C)C(=O)O[C@H](C(=O)OP)c1ccccc1.C[C@@H](C(=O)OP)c1ccccc1.C[C@@H](CC(=O)OP)C(=O)O.C[C@H](C(=O)OP)c1ccccc1.C[C@H](CC(=O)OP)C(=O)O. The lowest BCUT2D eigenvalue weighted by molar-refractivity contribution is -0.164. The summed E-state index contributed by atoms with van der Waals surface area (Å²) < 4.78 is 40.5. The van der Waals surface area contributed by atoms with Gasteiger partial charge in [-0.2, -0.15) is 0 Å². The fourth-order valence-corrected chi connectivity index (χ4v) is 5.70. The van der Waals surface area contributed by atoms with E-state index in [0.29, 0.717) is 5.56 Å². The molecule has 80 heavy (non-hydrogen) atoms. The summed E-state index contributed by atoms with van der Waals surface area (Å²) in [7, 11) is 13.1. The Morgan fingerprint density at radius 3 is 0.863 bits per heavy atom. The van der Waals surface area contributed by atoms with Gasteiger partial charge in [0.2, 0.25) is 6.10 Å². The molecule has 448 valence electrons. The number of carboxylic acid groups (broad SMARTS) is 2. The molecule has 13 atom stereocenters. The van der Waals surface area contributed by atoms with Crippen molar-refractivity contribution in [3.05, 3.63) is 108 Å². The number of carboxylic acids is 2. The molecular formula is C51H77O22P7. The minimum Gasteiger partial charge on any atom is -0.481 e. The number of carbonyl (C=O) groups is 11. The van der Waals surface area contributed by atoms with E-state index in [1.807, 2.05) is 128 Å². The normalized spacial score (nSPS) is 11.9. The molecule has 0 amide bonds. The fourth-order valence-electron chi connectivity index (χ4n) is 4.51. The lowest BCUT2D eigenvalue weighted by Gasteiger charge is -2.17. The number of ether oxygens (including phenoxy) is 2. The highest BCUT2D eigenvalue weighted by molar-refractivity contribution is 7.11. The summed E-state index contributed by atoms with van der Waals surface area (Å²) in [5, 5.41) is 16.6. The smallest absolute Gasteiger partial charge is 0.354 e. The highest BCUT2D eigenvalue weighted by Gasteiger charge is 2.27. The van der Waals surface area contributed by atoms with E-state index < -0.39 is 71.8 Å². The average Bonchev–Trinajstić information content (AvgIpc) is 3.46. The summed E-state index contributed by atoms with van der Waals surface area (Å²) >= 11 is 0. The third-order valence-electron chi connectivity index (χ3n) is 9.53. The molecule has 3 aromatic rings. The maximum Gasteiger partial charge on any atom is 0.354 e. The summed E-state index contributed by atoms with van der Waals surface area (Å²) in [4.78, 5) is 118. The second-order valence-electron chi connectivity index (χ2n) is 17.1. The molecule has 2 N–H and O–H groups in total. The number of hydrogen-bond donors (Lipinski definition) is 2. The van der Waals surface area contributed by atoms with Gasteiger partial charge in [0.25, 0.3) is 0 Å². The Kier molecular flexibility index (Phi) is 49.3. The zero-order valence-electron chi connectivity index (χ0n) is 46.4. The summed E-state index contributed by atoms with van der Waals surface area (Å²) in [6, 6.07) is 27.9. The van der Waals surface area contributed by atoms with Crippen molar-refractivity contribution in [2.75, 3.05) is 0 Å². The van der Waals surface area contributed by atoms with Gasteiger partial charge in [-0.3, -0.25) is 43.2 Å². The maximum absolute atomic E-state index is 11.6. The van der Waals surface area contributed by atoms with Crippen LogP contribution in [-0.2, 0) is 93.9 Å². The summed E-state index contributed by atoms with van der Waals surface area (Å²) in [5.41, 5.74) is 2.55. The zero-order chi connectivity index (χ0) is 62.7. The van der Waals surface area contributed by atoms with E-state index in [1.54, 1.807) is 84.7 Å². The highest BCUT2D eigenvalue weighted by Crippen LogP contribution is 2.22. The first-order valence-electron chi connectivity index (χ1n) is 23.7. The van der Waals surface area contributed by atoms with Crippen molar-refractivity contribution in [3.8, 4) is 0 Å². The Hall–Kier alpha value is -5.16. The molecule has 3 rings (SSSR count). The Labute approximate surface area is 484 Å². The van der Waals surface area contributed by atoms with Gasteiger partial charge in [0, 0.05) is 5.56 Å². The molecule has 0 heterocycles. The van der Waals surface area contributed by atoms with Crippen LogP contribution in [0.25, 0.3) is 0 Å². The minimum atomic E-state index is -1.01. The van der Waals surface area contributed by atoms with Crippen molar-refractivity contribution in [1.82, 2.24) is 0 Å². The summed E-state index contributed by atoms with van der Waals surface area (Å²) in [6.07, 6.45) is -2.02. The van der Waals surface area contributed by atoms with Gasteiger partial charge in [0.1, 0.15) is 0 Å². The molecule has 0 fully saturated rings. The quantitative estimate of drug-likeness (QED) is 0.0885. The molecular weight excluding hydrogens is 1180 g/mol. The van der Waals surface area contributed by atoms with Crippen LogP contribution < -0.4 is 0 Å². The van der Waals surface area contributed by atoms with Crippen LogP contribution >= 0.6 is 66.3 Å². The van der Waals surface area contributed by atoms with Gasteiger partial charge in [-0.1, -0.05) is 146 Å². The van der Waals surface area contributed by atoms with Crippen LogP contribution in [0.5, 0.6) is 0 Å². The van der Waals surface area contributed by atoms with Gasteiger partial charge in [0.15, 0.2) is 6.10 Å². The molecule has 0 saturated carbocycles. The highest BCUT2D eigenvalue weighted by atomic mass is 31.0. The molecule has 0 aliphatic carbocycles. The number of hydrogen-bond acceptors (Lipinski definition) is 20. The molecule has 3 aromatic carbocycles. The largest absolute Gasteiger partial charge is 0.481 e. The van der Waals surface area contributed by atoms with E-state index >= 15 is 0 Å². The first-order chi connectivity index (χ1) is 37.4. The predicted molar refractivity (Wildman–Crippen MR) is 319 cm³/mol. The van der Waals surface area contributed by atoms with E-state index in [2.05, 4.69) is 31.7 Å². The van der Waals surface area contributed by atoms with Gasteiger partial charge in [-0.25, -0.2) is 9.59 Å². The van der Waals surface area contributed by atoms with E-state index in [1.165, 1.54) is 20.8 Å². The average molecular weight is 1260 g/mol. The number of esters is 2. The molecule has 22 nitrogen and oxygen atoms in total. The van der Waals surface area contributed by atoms with Crippen LogP contribution in [0.1, 0.15) is 124 Å². The number of benzene rings is 3. The van der Waals surface area contributed by atoms with E-state index in [9.17, 15) is 52.7 Å². The standard InChI is InChI=1S/C12H15O4P.2C9H11O2P.C7H13O4P.2C5H9O4P.C4H9O2P/c1-8(2)11(13)15-10(12(14)16-17)9-6-4-3-5-7-9;2*1-7(9(10)11-12)8-5-3-2-4-6-8;1-4(2)6(8)10-5(3)7(9)11-12;2*1-3(5(7)8)2-4(6)9-10;1-3(2)4(5)6-7/h3-8,10H,17H2,1-2H3;2*2-7H,12H2,1H3;4-5H,12H2,1-3H3;2*3H,2,10H2,1H3,(H,7,8);3H,7H2,1-2H3/t10-;2*7-;5-;2*3-;/m010010./s1. The van der Waals surface area contributed by atoms with Crippen LogP contribution in [0.15, 0.2) is 91.0 Å². The predicted octanol–water partition coefficient (Wildman–Crippen LogP) is 9.25. The van der Waals surface area contributed by atoms with E-state index in [4.69, 9.17) is 19.7 Å². The second kappa shape index (κ2) is 48.5. The van der Waals surface area contributed by atoms with Crippen molar-refractivity contribution < 1.29 is 104 Å². The molecule has 7 unspecified atom stereocenters. The molecule has 0 aromatic heterocycles. The second-order valence-corrected chi connectivity index (χ2v) is 18.7. The van der Waals surface area contributed by atoms with Gasteiger partial charge in [0.05, 0.1) is 121 Å². The Balaban J connectivity index is -0.000000427. The number of aliphatic carboxylic acids is 2. The Morgan fingerprint density at radius 2 is 0.625 bits per heavy atom. The van der Waals surface area contributed by atoms with Crippen molar-refractivity contribution in [1.29, 1.82) is 0 Å². The minimum absolute atomic E-state index is 0.0162. The third-order valence-corrected chi connectivity index (χ3v) is 11.2. The molecule has 0 aliphatic rings. The molecule has 0 bridgehead atoms. The topological polar surface area (TPSA) is 311 Å². The van der Waals surface area contributed by atoms with Crippen molar-refractivity contribution in [2.24, 2.45) is 29.6 Å². The van der Waals surface area contributed by atoms with Crippen LogP contribution in [-0.4, -0.2) is 82.0 Å². The first kappa shape index (κ1) is 81.3. The molecule has 0 aliphatic heterocycles. The zero-order valence-corrected chi connectivity index (χ0v) is 54.5. The van der Waals surface area contributed by atoms with Crippen LogP contribution in [0.2, 0.25) is 0 Å². The first-order valence-corrected chi connectivity index (χ1v) is 27.0. The number of carbonyl (C=O) groups excluding carboxylic acids is 9.